The van der Waals surface area contributed by atoms with Crippen LogP contribution in [0.2, 0.25) is 5.02 Å². The molecule has 0 saturated heterocycles. The number of benzene rings is 1. The molecule has 0 fully saturated rings. The number of hydrogen-bond donors (Lipinski definition) is 2. The Morgan fingerprint density at radius 2 is 1.76 bits per heavy atom. The lowest BCUT2D eigenvalue weighted by Gasteiger charge is -2.06. The van der Waals surface area contributed by atoms with Crippen LogP contribution in [0.25, 0.3) is 0 Å². The van der Waals surface area contributed by atoms with Gasteiger partial charge in [0, 0.05) is 17.1 Å². The number of rotatable bonds is 6. The summed E-state index contributed by atoms with van der Waals surface area (Å²) in [5.74, 6) is 0.872. The van der Waals surface area contributed by atoms with Crippen molar-refractivity contribution in [2.24, 2.45) is 0 Å². The third-order valence-corrected chi connectivity index (χ3v) is 3.10. The summed E-state index contributed by atoms with van der Waals surface area (Å²) in [6.07, 6.45) is 2.20. The lowest BCUT2D eigenvalue weighted by molar-refractivity contribution is 0.102. The Kier molecular flexibility index (Phi) is 5.51. The fourth-order valence-electron chi connectivity index (χ4n) is 1.68. The van der Waals surface area contributed by atoms with Crippen molar-refractivity contribution < 1.29 is 4.79 Å². The molecule has 0 aliphatic rings. The third kappa shape index (κ3) is 4.72. The van der Waals surface area contributed by atoms with Crippen molar-refractivity contribution >= 4 is 29.1 Å². The third-order valence-electron chi connectivity index (χ3n) is 2.85. The molecule has 21 heavy (non-hydrogen) atoms. The molecule has 0 atom stereocenters. The van der Waals surface area contributed by atoms with E-state index in [1.54, 1.807) is 36.4 Å². The summed E-state index contributed by atoms with van der Waals surface area (Å²) in [4.78, 5) is 12.0. The molecule has 2 N–H and O–H groups in total. The molecule has 0 aliphatic carbocycles. The smallest absolute Gasteiger partial charge is 0.256 e. The van der Waals surface area contributed by atoms with Crippen molar-refractivity contribution in [2.75, 3.05) is 17.2 Å². The highest BCUT2D eigenvalue weighted by Gasteiger charge is 2.07. The SMILES string of the molecule is CCCCNc1ccc(NC(=O)c2ccc(Cl)cc2)nn1. The Hall–Kier alpha value is -2.14. The van der Waals surface area contributed by atoms with Crippen LogP contribution in [0, 0.1) is 0 Å². The Morgan fingerprint density at radius 1 is 1.10 bits per heavy atom. The number of halogens is 1. The highest BCUT2D eigenvalue weighted by Crippen LogP contribution is 2.12. The summed E-state index contributed by atoms with van der Waals surface area (Å²) in [6, 6.07) is 10.2. The molecule has 1 heterocycles. The maximum absolute atomic E-state index is 12.0. The van der Waals surface area contributed by atoms with Crippen LogP contribution in [-0.2, 0) is 0 Å². The fraction of sp³-hybridized carbons (Fsp3) is 0.267. The molecular formula is C15H17ClN4O. The van der Waals surface area contributed by atoms with Crippen LogP contribution in [0.5, 0.6) is 0 Å². The molecule has 110 valence electrons. The molecule has 1 amide bonds. The molecule has 5 nitrogen and oxygen atoms in total. The van der Waals surface area contributed by atoms with E-state index in [0.717, 1.165) is 19.4 Å². The molecule has 6 heteroatoms. The van der Waals surface area contributed by atoms with Gasteiger partial charge >= 0.3 is 0 Å². The van der Waals surface area contributed by atoms with Crippen molar-refractivity contribution in [1.29, 1.82) is 0 Å². The average Bonchev–Trinajstić information content (AvgIpc) is 2.50. The number of amides is 1. The standard InChI is InChI=1S/C15H17ClN4O/c1-2-3-10-17-13-8-9-14(20-19-13)18-15(21)11-4-6-12(16)7-5-11/h4-9H,2-3,10H2,1H3,(H,17,19)(H,18,20,21). The number of aromatic nitrogens is 2. The van der Waals surface area contributed by atoms with E-state index in [1.807, 2.05) is 0 Å². The van der Waals surface area contributed by atoms with E-state index in [0.29, 0.717) is 22.2 Å². The predicted octanol–water partition coefficient (Wildman–Crippen LogP) is 3.59. The molecule has 2 aromatic rings. The van der Waals surface area contributed by atoms with Crippen LogP contribution >= 0.6 is 11.6 Å². The zero-order valence-corrected chi connectivity index (χ0v) is 12.5. The summed E-state index contributed by atoms with van der Waals surface area (Å²) >= 11 is 5.79. The first-order valence-corrected chi connectivity index (χ1v) is 7.21. The number of nitrogens with one attached hydrogen (secondary N) is 2. The van der Waals surface area contributed by atoms with Crippen molar-refractivity contribution in [3.8, 4) is 0 Å². The highest BCUT2D eigenvalue weighted by atomic mass is 35.5. The molecule has 1 aromatic carbocycles. The Bertz CT molecular complexity index is 584. The molecule has 0 spiro atoms. The van der Waals surface area contributed by atoms with Gasteiger partial charge in [-0.15, -0.1) is 10.2 Å². The van der Waals surface area contributed by atoms with Crippen LogP contribution < -0.4 is 10.6 Å². The van der Waals surface area contributed by atoms with Crippen LogP contribution in [0.4, 0.5) is 11.6 Å². The summed E-state index contributed by atoms with van der Waals surface area (Å²) in [5.41, 5.74) is 0.520. The molecule has 0 unspecified atom stereocenters. The summed E-state index contributed by atoms with van der Waals surface area (Å²) in [7, 11) is 0. The van der Waals surface area contributed by atoms with E-state index in [4.69, 9.17) is 11.6 Å². The maximum Gasteiger partial charge on any atom is 0.256 e. The zero-order valence-electron chi connectivity index (χ0n) is 11.8. The van der Waals surface area contributed by atoms with Gasteiger partial charge in [0.2, 0.25) is 0 Å². The van der Waals surface area contributed by atoms with Gasteiger partial charge in [-0.1, -0.05) is 24.9 Å². The largest absolute Gasteiger partial charge is 0.369 e. The van der Waals surface area contributed by atoms with E-state index < -0.39 is 0 Å². The Labute approximate surface area is 128 Å². The van der Waals surface area contributed by atoms with Gasteiger partial charge in [0.1, 0.15) is 5.82 Å². The van der Waals surface area contributed by atoms with Crippen molar-refractivity contribution in [3.63, 3.8) is 0 Å². The van der Waals surface area contributed by atoms with Crippen molar-refractivity contribution in [2.45, 2.75) is 19.8 Å². The number of nitrogens with zero attached hydrogens (tertiary/aromatic N) is 2. The summed E-state index contributed by atoms with van der Waals surface area (Å²) in [5, 5.41) is 14.4. The highest BCUT2D eigenvalue weighted by molar-refractivity contribution is 6.30. The number of hydrogen-bond acceptors (Lipinski definition) is 4. The molecule has 2 rings (SSSR count). The Morgan fingerprint density at radius 3 is 2.38 bits per heavy atom. The van der Waals surface area contributed by atoms with Gasteiger partial charge < -0.3 is 10.6 Å². The van der Waals surface area contributed by atoms with E-state index >= 15 is 0 Å². The lowest BCUT2D eigenvalue weighted by Crippen LogP contribution is -2.13. The quantitative estimate of drug-likeness (QED) is 0.800. The summed E-state index contributed by atoms with van der Waals surface area (Å²) < 4.78 is 0. The molecule has 0 saturated carbocycles. The predicted molar refractivity (Wildman–Crippen MR) is 84.8 cm³/mol. The van der Waals surface area contributed by atoms with Crippen molar-refractivity contribution in [1.82, 2.24) is 10.2 Å². The number of carbonyl (C=O) groups excluding carboxylic acids is 1. The first kappa shape index (κ1) is 15.3. The average molecular weight is 305 g/mol. The first-order chi connectivity index (χ1) is 10.2. The van der Waals surface area contributed by atoms with Crippen molar-refractivity contribution in [3.05, 3.63) is 47.0 Å². The molecule has 1 aromatic heterocycles. The van der Waals surface area contributed by atoms with Gasteiger partial charge in [-0.3, -0.25) is 4.79 Å². The van der Waals surface area contributed by atoms with Gasteiger partial charge in [-0.2, -0.15) is 0 Å². The molecule has 0 radical (unpaired) electrons. The number of carbonyl (C=O) groups is 1. The van der Waals surface area contributed by atoms with Crippen LogP contribution in [-0.4, -0.2) is 22.6 Å². The molecule has 0 aliphatic heterocycles. The van der Waals surface area contributed by atoms with Crippen LogP contribution in [0.15, 0.2) is 36.4 Å². The van der Waals surface area contributed by atoms with E-state index in [-0.39, 0.29) is 5.91 Å². The zero-order chi connectivity index (χ0) is 15.1. The van der Waals surface area contributed by atoms with Gasteiger partial charge in [-0.05, 0) is 42.8 Å². The van der Waals surface area contributed by atoms with Crippen LogP contribution in [0.3, 0.4) is 0 Å². The monoisotopic (exact) mass is 304 g/mol. The molecule has 0 bridgehead atoms. The molecular weight excluding hydrogens is 288 g/mol. The second kappa shape index (κ2) is 7.59. The second-order valence-electron chi connectivity index (χ2n) is 4.55. The normalized spacial score (nSPS) is 10.2. The van der Waals surface area contributed by atoms with E-state index in [2.05, 4.69) is 27.8 Å². The number of unbranched alkanes of at least 4 members (excludes halogenated alkanes) is 1. The van der Waals surface area contributed by atoms with Gasteiger partial charge in [0.25, 0.3) is 5.91 Å². The van der Waals surface area contributed by atoms with Gasteiger partial charge in [0.15, 0.2) is 5.82 Å². The summed E-state index contributed by atoms with van der Waals surface area (Å²) in [6.45, 7) is 2.99. The van der Waals surface area contributed by atoms with E-state index in [9.17, 15) is 4.79 Å². The topological polar surface area (TPSA) is 66.9 Å². The second-order valence-corrected chi connectivity index (χ2v) is 4.98. The van der Waals surface area contributed by atoms with Gasteiger partial charge in [0.05, 0.1) is 0 Å². The minimum Gasteiger partial charge on any atom is -0.369 e. The lowest BCUT2D eigenvalue weighted by atomic mass is 10.2. The number of anilines is 2. The fourth-order valence-corrected chi connectivity index (χ4v) is 1.80. The minimum absolute atomic E-state index is 0.243. The maximum atomic E-state index is 12.0. The first-order valence-electron chi connectivity index (χ1n) is 6.83. The van der Waals surface area contributed by atoms with Gasteiger partial charge in [-0.25, -0.2) is 0 Å². The van der Waals surface area contributed by atoms with E-state index in [1.165, 1.54) is 0 Å². The Balaban J connectivity index is 1.93. The minimum atomic E-state index is -0.243. The van der Waals surface area contributed by atoms with Crippen LogP contribution in [0.1, 0.15) is 30.1 Å².